The van der Waals surface area contributed by atoms with Gasteiger partial charge in [-0.25, -0.2) is 0 Å². The summed E-state index contributed by atoms with van der Waals surface area (Å²) in [5.74, 6) is 0.931. The number of furan rings is 1. The minimum atomic E-state index is -0.120. The Balaban J connectivity index is 2.05. The van der Waals surface area contributed by atoms with Gasteiger partial charge < -0.3 is 14.5 Å². The van der Waals surface area contributed by atoms with Crippen LogP contribution in [0.15, 0.2) is 22.8 Å². The Morgan fingerprint density at radius 2 is 2.17 bits per heavy atom. The SMILES string of the molecule is CCNCc1coc2c3c(ccc12)CC(C)(C)O3. The summed E-state index contributed by atoms with van der Waals surface area (Å²) in [6.45, 7) is 8.13. The first kappa shape index (κ1) is 11.6. The molecule has 18 heavy (non-hydrogen) atoms. The van der Waals surface area contributed by atoms with Gasteiger partial charge in [-0.15, -0.1) is 0 Å². The molecule has 3 heteroatoms. The van der Waals surface area contributed by atoms with E-state index >= 15 is 0 Å². The van der Waals surface area contributed by atoms with Crippen LogP contribution in [0.3, 0.4) is 0 Å². The molecule has 0 radical (unpaired) electrons. The topological polar surface area (TPSA) is 34.4 Å². The highest BCUT2D eigenvalue weighted by Gasteiger charge is 2.32. The average Bonchev–Trinajstić information content (AvgIpc) is 2.85. The molecule has 0 amide bonds. The third-order valence-electron chi connectivity index (χ3n) is 3.42. The molecule has 0 bridgehead atoms. The molecule has 0 saturated carbocycles. The normalized spacial score (nSPS) is 16.8. The number of hydrogen-bond acceptors (Lipinski definition) is 3. The molecule has 0 saturated heterocycles. The number of benzene rings is 1. The van der Waals surface area contributed by atoms with Crippen molar-refractivity contribution in [3.63, 3.8) is 0 Å². The molecule has 0 spiro atoms. The van der Waals surface area contributed by atoms with Crippen molar-refractivity contribution in [2.24, 2.45) is 0 Å². The second kappa shape index (κ2) is 4.02. The van der Waals surface area contributed by atoms with E-state index in [2.05, 4.69) is 38.2 Å². The van der Waals surface area contributed by atoms with E-state index in [4.69, 9.17) is 9.15 Å². The monoisotopic (exact) mass is 245 g/mol. The first-order valence-electron chi connectivity index (χ1n) is 6.52. The van der Waals surface area contributed by atoms with Crippen LogP contribution in [0.2, 0.25) is 0 Å². The third-order valence-corrected chi connectivity index (χ3v) is 3.42. The van der Waals surface area contributed by atoms with Gasteiger partial charge in [0.25, 0.3) is 0 Å². The molecule has 2 heterocycles. The van der Waals surface area contributed by atoms with Crippen LogP contribution in [-0.2, 0) is 13.0 Å². The fourth-order valence-electron chi connectivity index (χ4n) is 2.59. The quantitative estimate of drug-likeness (QED) is 0.901. The van der Waals surface area contributed by atoms with Crippen LogP contribution >= 0.6 is 0 Å². The lowest BCUT2D eigenvalue weighted by Gasteiger charge is -2.16. The molecule has 1 N–H and O–H groups in total. The van der Waals surface area contributed by atoms with E-state index in [-0.39, 0.29) is 5.60 Å². The standard InChI is InChI=1S/C15H19NO2/c1-4-16-8-11-9-17-14-12(11)6-5-10-7-15(2,3)18-13(10)14/h5-6,9,16H,4,7-8H2,1-3H3. The number of hydrogen-bond donors (Lipinski definition) is 1. The summed E-state index contributed by atoms with van der Waals surface area (Å²) in [6, 6.07) is 4.31. The average molecular weight is 245 g/mol. The van der Waals surface area contributed by atoms with Crippen LogP contribution in [0.4, 0.5) is 0 Å². The van der Waals surface area contributed by atoms with E-state index in [1.807, 2.05) is 6.26 Å². The molecular formula is C15H19NO2. The van der Waals surface area contributed by atoms with Gasteiger partial charge >= 0.3 is 0 Å². The Kier molecular flexibility index (Phi) is 2.59. The smallest absolute Gasteiger partial charge is 0.176 e. The molecule has 1 aliphatic heterocycles. The van der Waals surface area contributed by atoms with Crippen LogP contribution in [0.25, 0.3) is 11.0 Å². The molecule has 0 unspecified atom stereocenters. The maximum Gasteiger partial charge on any atom is 0.176 e. The second-order valence-electron chi connectivity index (χ2n) is 5.51. The van der Waals surface area contributed by atoms with E-state index in [1.165, 1.54) is 11.1 Å². The second-order valence-corrected chi connectivity index (χ2v) is 5.51. The van der Waals surface area contributed by atoms with Gasteiger partial charge in [-0.2, -0.15) is 0 Å². The summed E-state index contributed by atoms with van der Waals surface area (Å²) in [7, 11) is 0. The van der Waals surface area contributed by atoms with E-state index < -0.39 is 0 Å². The van der Waals surface area contributed by atoms with Crippen molar-refractivity contribution < 1.29 is 9.15 Å². The van der Waals surface area contributed by atoms with Gasteiger partial charge in [-0.3, -0.25) is 0 Å². The maximum atomic E-state index is 6.01. The molecule has 3 nitrogen and oxygen atoms in total. The van der Waals surface area contributed by atoms with E-state index in [9.17, 15) is 0 Å². The van der Waals surface area contributed by atoms with Crippen LogP contribution in [0.5, 0.6) is 5.75 Å². The Morgan fingerprint density at radius 1 is 1.33 bits per heavy atom. The minimum Gasteiger partial charge on any atom is -0.483 e. The molecule has 3 rings (SSSR count). The van der Waals surface area contributed by atoms with Gasteiger partial charge in [-0.1, -0.05) is 19.1 Å². The Labute approximate surface area is 107 Å². The van der Waals surface area contributed by atoms with Crippen LogP contribution < -0.4 is 10.1 Å². The Morgan fingerprint density at radius 3 is 2.94 bits per heavy atom. The summed E-state index contributed by atoms with van der Waals surface area (Å²) in [4.78, 5) is 0. The predicted molar refractivity (Wildman–Crippen MR) is 72.0 cm³/mol. The molecule has 1 aromatic carbocycles. The lowest BCUT2D eigenvalue weighted by molar-refractivity contribution is 0.139. The van der Waals surface area contributed by atoms with Crippen LogP contribution in [-0.4, -0.2) is 12.1 Å². The van der Waals surface area contributed by atoms with Gasteiger partial charge in [0.05, 0.1) is 6.26 Å². The predicted octanol–water partition coefficient (Wildman–Crippen LogP) is 3.26. The summed E-state index contributed by atoms with van der Waals surface area (Å²) in [6.07, 6.45) is 2.78. The number of rotatable bonds is 3. The van der Waals surface area contributed by atoms with E-state index in [0.29, 0.717) is 0 Å². The van der Waals surface area contributed by atoms with Crippen molar-refractivity contribution in [3.8, 4) is 5.75 Å². The first-order chi connectivity index (χ1) is 8.61. The summed E-state index contributed by atoms with van der Waals surface area (Å²) < 4.78 is 11.7. The molecule has 1 aliphatic rings. The zero-order chi connectivity index (χ0) is 12.8. The lowest BCUT2D eigenvalue weighted by Crippen LogP contribution is -2.24. The number of fused-ring (bicyclic) bond motifs is 3. The largest absolute Gasteiger partial charge is 0.483 e. The van der Waals surface area contributed by atoms with Crippen molar-refractivity contribution in [2.45, 2.75) is 39.3 Å². The number of ether oxygens (including phenoxy) is 1. The molecule has 96 valence electrons. The Bertz CT molecular complexity index is 583. The summed E-state index contributed by atoms with van der Waals surface area (Å²) in [5, 5.41) is 4.49. The molecule has 0 aliphatic carbocycles. The minimum absolute atomic E-state index is 0.120. The maximum absolute atomic E-state index is 6.01. The van der Waals surface area contributed by atoms with Crippen LogP contribution in [0, 0.1) is 0 Å². The first-order valence-corrected chi connectivity index (χ1v) is 6.52. The fraction of sp³-hybridized carbons (Fsp3) is 0.467. The molecular weight excluding hydrogens is 226 g/mol. The highest BCUT2D eigenvalue weighted by molar-refractivity contribution is 5.88. The molecule has 0 fully saturated rings. The molecule has 2 aromatic rings. The highest BCUT2D eigenvalue weighted by atomic mass is 16.5. The zero-order valence-corrected chi connectivity index (χ0v) is 11.2. The number of nitrogens with one attached hydrogen (secondary N) is 1. The van der Waals surface area contributed by atoms with Crippen molar-refractivity contribution in [3.05, 3.63) is 29.5 Å². The summed E-state index contributed by atoms with van der Waals surface area (Å²) in [5.41, 5.74) is 3.22. The van der Waals surface area contributed by atoms with E-state index in [0.717, 1.165) is 36.2 Å². The van der Waals surface area contributed by atoms with Crippen molar-refractivity contribution >= 4 is 11.0 Å². The van der Waals surface area contributed by atoms with Crippen molar-refractivity contribution in [1.29, 1.82) is 0 Å². The van der Waals surface area contributed by atoms with Gasteiger partial charge in [0, 0.05) is 29.5 Å². The van der Waals surface area contributed by atoms with E-state index in [1.54, 1.807) is 0 Å². The van der Waals surface area contributed by atoms with Crippen molar-refractivity contribution in [2.75, 3.05) is 6.54 Å². The van der Waals surface area contributed by atoms with Crippen molar-refractivity contribution in [1.82, 2.24) is 5.32 Å². The van der Waals surface area contributed by atoms with Gasteiger partial charge in [0.1, 0.15) is 5.60 Å². The summed E-state index contributed by atoms with van der Waals surface area (Å²) >= 11 is 0. The molecule has 0 atom stereocenters. The van der Waals surface area contributed by atoms with Gasteiger partial charge in [0.15, 0.2) is 11.3 Å². The molecule has 1 aromatic heterocycles. The zero-order valence-electron chi connectivity index (χ0n) is 11.2. The third kappa shape index (κ3) is 1.79. The highest BCUT2D eigenvalue weighted by Crippen LogP contribution is 2.41. The Hall–Kier alpha value is -1.48. The fourth-order valence-corrected chi connectivity index (χ4v) is 2.59. The van der Waals surface area contributed by atoms with Gasteiger partial charge in [0.2, 0.25) is 0 Å². The van der Waals surface area contributed by atoms with Gasteiger partial charge in [-0.05, 0) is 20.4 Å². The van der Waals surface area contributed by atoms with Crippen LogP contribution in [0.1, 0.15) is 31.9 Å². The lowest BCUT2D eigenvalue weighted by atomic mass is 10.0.